The molecule has 0 aromatic heterocycles. The highest BCUT2D eigenvalue weighted by Gasteiger charge is 1.99. The molecule has 0 saturated carbocycles. The molecule has 0 unspecified atom stereocenters. The van der Waals surface area contributed by atoms with Gasteiger partial charge in [-0.1, -0.05) is 26.2 Å². The summed E-state index contributed by atoms with van der Waals surface area (Å²) in [5.74, 6) is -0.446. The van der Waals surface area contributed by atoms with Crippen molar-refractivity contribution in [3.8, 4) is 0 Å². The minimum atomic E-state index is -0.445. The van der Waals surface area contributed by atoms with Crippen LogP contribution in [0.25, 0.3) is 0 Å². The molecule has 0 saturated heterocycles. The zero-order valence-corrected chi connectivity index (χ0v) is 9.62. The normalized spacial score (nSPS) is 10.5. The van der Waals surface area contributed by atoms with Gasteiger partial charge in [-0.2, -0.15) is 0 Å². The first kappa shape index (κ1) is 13.9. The van der Waals surface area contributed by atoms with Crippen LogP contribution in [0.1, 0.15) is 46.0 Å². The Morgan fingerprint density at radius 1 is 1.07 bits per heavy atom. The van der Waals surface area contributed by atoms with Crippen LogP contribution < -0.4 is 0 Å². The second-order valence-corrected chi connectivity index (χ2v) is 3.36. The van der Waals surface area contributed by atoms with E-state index in [0.29, 0.717) is 13.0 Å². The topological polar surface area (TPSA) is 43.4 Å². The molecule has 0 radical (unpaired) electrons. The van der Waals surface area contributed by atoms with Crippen LogP contribution in [0.2, 0.25) is 0 Å². The molecule has 0 amide bonds. The SMILES string of the molecule is CCCCCCC(=O)/C=C/C(=O)OCC. The van der Waals surface area contributed by atoms with Crippen molar-refractivity contribution in [3.05, 3.63) is 12.2 Å². The predicted molar refractivity (Wildman–Crippen MR) is 59.5 cm³/mol. The van der Waals surface area contributed by atoms with Crippen molar-refractivity contribution in [3.63, 3.8) is 0 Å². The summed E-state index contributed by atoms with van der Waals surface area (Å²) >= 11 is 0. The molecule has 0 bridgehead atoms. The number of ether oxygens (including phenoxy) is 1. The summed E-state index contributed by atoms with van der Waals surface area (Å²) in [5, 5.41) is 0. The Kier molecular flexibility index (Phi) is 8.73. The van der Waals surface area contributed by atoms with Gasteiger partial charge >= 0.3 is 5.97 Å². The molecule has 0 atom stereocenters. The zero-order chi connectivity index (χ0) is 11.5. The lowest BCUT2D eigenvalue weighted by molar-refractivity contribution is -0.137. The van der Waals surface area contributed by atoms with Crippen LogP contribution in [0.4, 0.5) is 0 Å². The van der Waals surface area contributed by atoms with Crippen LogP contribution in [-0.4, -0.2) is 18.4 Å². The van der Waals surface area contributed by atoms with Crippen LogP contribution >= 0.6 is 0 Å². The number of carbonyl (C=O) groups excluding carboxylic acids is 2. The number of carbonyl (C=O) groups is 2. The Morgan fingerprint density at radius 3 is 2.40 bits per heavy atom. The van der Waals surface area contributed by atoms with E-state index >= 15 is 0 Å². The third kappa shape index (κ3) is 9.19. The summed E-state index contributed by atoms with van der Waals surface area (Å²) < 4.78 is 4.66. The molecule has 15 heavy (non-hydrogen) atoms. The first-order chi connectivity index (χ1) is 7.20. The first-order valence-corrected chi connectivity index (χ1v) is 5.58. The standard InChI is InChI=1S/C12H20O3/c1-3-5-6-7-8-11(13)9-10-12(14)15-4-2/h9-10H,3-8H2,1-2H3/b10-9+. The number of hydrogen-bond acceptors (Lipinski definition) is 3. The van der Waals surface area contributed by atoms with Crippen molar-refractivity contribution in [1.29, 1.82) is 0 Å². The van der Waals surface area contributed by atoms with Gasteiger partial charge in [-0.3, -0.25) is 4.79 Å². The molecule has 3 nitrogen and oxygen atoms in total. The zero-order valence-electron chi connectivity index (χ0n) is 9.62. The van der Waals surface area contributed by atoms with Crippen molar-refractivity contribution >= 4 is 11.8 Å². The first-order valence-electron chi connectivity index (χ1n) is 5.58. The van der Waals surface area contributed by atoms with Gasteiger partial charge in [0.1, 0.15) is 0 Å². The van der Waals surface area contributed by atoms with E-state index in [1.807, 2.05) is 0 Å². The summed E-state index contributed by atoms with van der Waals surface area (Å²) in [7, 11) is 0. The Morgan fingerprint density at radius 2 is 1.80 bits per heavy atom. The predicted octanol–water partition coefficient (Wildman–Crippen LogP) is 2.65. The fourth-order valence-electron chi connectivity index (χ4n) is 1.16. The minimum absolute atomic E-state index is 0.000781. The van der Waals surface area contributed by atoms with Gasteiger partial charge in [-0.25, -0.2) is 4.79 Å². The van der Waals surface area contributed by atoms with E-state index in [1.165, 1.54) is 12.2 Å². The Balaban J connectivity index is 3.59. The quantitative estimate of drug-likeness (QED) is 0.353. The number of hydrogen-bond donors (Lipinski definition) is 0. The van der Waals surface area contributed by atoms with Crippen molar-refractivity contribution in [2.75, 3.05) is 6.61 Å². The van der Waals surface area contributed by atoms with Crippen LogP contribution in [-0.2, 0) is 14.3 Å². The van der Waals surface area contributed by atoms with Crippen molar-refractivity contribution in [1.82, 2.24) is 0 Å². The number of esters is 1. The van der Waals surface area contributed by atoms with Crippen molar-refractivity contribution < 1.29 is 14.3 Å². The smallest absolute Gasteiger partial charge is 0.330 e. The van der Waals surface area contributed by atoms with E-state index in [9.17, 15) is 9.59 Å². The van der Waals surface area contributed by atoms with E-state index < -0.39 is 5.97 Å². The molecule has 0 aromatic rings. The number of ketones is 1. The molecule has 0 fully saturated rings. The molecule has 0 aliphatic carbocycles. The van der Waals surface area contributed by atoms with Gasteiger partial charge in [0, 0.05) is 12.5 Å². The highest BCUT2D eigenvalue weighted by molar-refractivity contribution is 5.95. The molecular formula is C12H20O3. The molecule has 0 aromatic carbocycles. The van der Waals surface area contributed by atoms with E-state index in [1.54, 1.807) is 6.92 Å². The van der Waals surface area contributed by atoms with Gasteiger partial charge in [0.25, 0.3) is 0 Å². The van der Waals surface area contributed by atoms with E-state index in [-0.39, 0.29) is 5.78 Å². The second kappa shape index (κ2) is 9.44. The third-order valence-corrected chi connectivity index (χ3v) is 1.97. The Hall–Kier alpha value is -1.12. The minimum Gasteiger partial charge on any atom is -0.463 e. The number of unbranched alkanes of at least 4 members (excludes halogenated alkanes) is 3. The van der Waals surface area contributed by atoms with Gasteiger partial charge in [0.15, 0.2) is 5.78 Å². The van der Waals surface area contributed by atoms with Crippen LogP contribution in [0, 0.1) is 0 Å². The van der Waals surface area contributed by atoms with Gasteiger partial charge in [-0.05, 0) is 19.4 Å². The molecule has 0 spiro atoms. The highest BCUT2D eigenvalue weighted by Crippen LogP contribution is 2.03. The molecule has 0 heterocycles. The molecule has 86 valence electrons. The van der Waals surface area contributed by atoms with E-state index in [4.69, 9.17) is 0 Å². The molecular weight excluding hydrogens is 192 g/mol. The van der Waals surface area contributed by atoms with Gasteiger partial charge < -0.3 is 4.74 Å². The maximum absolute atomic E-state index is 11.2. The summed E-state index contributed by atoms with van der Waals surface area (Å²) in [5.41, 5.74) is 0. The molecule has 0 aliphatic heterocycles. The molecule has 0 aliphatic rings. The lowest BCUT2D eigenvalue weighted by atomic mass is 10.1. The molecule has 0 N–H and O–H groups in total. The Labute approximate surface area is 91.5 Å². The van der Waals surface area contributed by atoms with Crippen molar-refractivity contribution in [2.45, 2.75) is 46.0 Å². The largest absolute Gasteiger partial charge is 0.463 e. The van der Waals surface area contributed by atoms with Gasteiger partial charge in [-0.15, -0.1) is 0 Å². The van der Waals surface area contributed by atoms with Gasteiger partial charge in [0.05, 0.1) is 6.61 Å². The Bertz CT molecular complexity index is 219. The monoisotopic (exact) mass is 212 g/mol. The highest BCUT2D eigenvalue weighted by atomic mass is 16.5. The van der Waals surface area contributed by atoms with Gasteiger partial charge in [0.2, 0.25) is 0 Å². The number of rotatable bonds is 8. The van der Waals surface area contributed by atoms with Crippen molar-refractivity contribution in [2.24, 2.45) is 0 Å². The fourth-order valence-corrected chi connectivity index (χ4v) is 1.16. The maximum Gasteiger partial charge on any atom is 0.330 e. The second-order valence-electron chi connectivity index (χ2n) is 3.36. The fraction of sp³-hybridized carbons (Fsp3) is 0.667. The van der Waals surface area contributed by atoms with E-state index in [0.717, 1.165) is 25.7 Å². The van der Waals surface area contributed by atoms with E-state index in [2.05, 4.69) is 11.7 Å². The third-order valence-electron chi connectivity index (χ3n) is 1.97. The lowest BCUT2D eigenvalue weighted by Gasteiger charge is -1.96. The number of allylic oxidation sites excluding steroid dienone is 1. The maximum atomic E-state index is 11.2. The lowest BCUT2D eigenvalue weighted by Crippen LogP contribution is -2.01. The average Bonchev–Trinajstić information content (AvgIpc) is 2.22. The molecule has 3 heteroatoms. The van der Waals surface area contributed by atoms with Crippen LogP contribution in [0.15, 0.2) is 12.2 Å². The average molecular weight is 212 g/mol. The summed E-state index contributed by atoms with van der Waals surface area (Å²) in [6, 6.07) is 0. The van der Waals surface area contributed by atoms with Crippen LogP contribution in [0.5, 0.6) is 0 Å². The summed E-state index contributed by atoms with van der Waals surface area (Å²) in [6.45, 7) is 4.20. The summed E-state index contributed by atoms with van der Waals surface area (Å²) in [6.07, 6.45) is 7.34. The van der Waals surface area contributed by atoms with Crippen LogP contribution in [0.3, 0.4) is 0 Å². The molecule has 0 rings (SSSR count). The summed E-state index contributed by atoms with van der Waals surface area (Å²) in [4.78, 5) is 22.1.